The molecule has 0 spiro atoms. The summed E-state index contributed by atoms with van der Waals surface area (Å²) in [7, 11) is 0. The second-order valence-electron chi connectivity index (χ2n) is 6.81. The molecule has 2 aromatic heterocycles. The molecule has 2 aliphatic rings. The number of anilines is 1. The van der Waals surface area contributed by atoms with E-state index in [9.17, 15) is 9.59 Å². The lowest BCUT2D eigenvalue weighted by Crippen LogP contribution is -2.41. The average Bonchev–Trinajstić information content (AvgIpc) is 3.16. The largest absolute Gasteiger partial charge is 0.339 e. The minimum Gasteiger partial charge on any atom is -0.339 e. The van der Waals surface area contributed by atoms with Crippen molar-refractivity contribution >= 4 is 17.8 Å². The van der Waals surface area contributed by atoms with Gasteiger partial charge in [0.1, 0.15) is 0 Å². The molecule has 1 aliphatic carbocycles. The molecular formula is C19H21N5O2. The molecule has 1 N–H and O–H groups in total. The number of pyridine rings is 1. The molecule has 0 atom stereocenters. The Morgan fingerprint density at radius 3 is 2.65 bits per heavy atom. The summed E-state index contributed by atoms with van der Waals surface area (Å²) >= 11 is 0. The number of aromatic nitrogens is 3. The predicted molar refractivity (Wildman–Crippen MR) is 95.6 cm³/mol. The summed E-state index contributed by atoms with van der Waals surface area (Å²) < 4.78 is 0. The van der Waals surface area contributed by atoms with Crippen LogP contribution in [0.15, 0.2) is 30.7 Å². The normalized spacial score (nSPS) is 17.0. The van der Waals surface area contributed by atoms with Crippen molar-refractivity contribution in [2.45, 2.75) is 32.1 Å². The van der Waals surface area contributed by atoms with Crippen LogP contribution >= 0.6 is 0 Å². The van der Waals surface area contributed by atoms with Crippen LogP contribution in [0.1, 0.15) is 40.9 Å². The molecule has 1 saturated heterocycles. The highest BCUT2D eigenvalue weighted by Gasteiger charge is 2.28. The minimum absolute atomic E-state index is 0.00628. The van der Waals surface area contributed by atoms with Crippen molar-refractivity contribution in [3.05, 3.63) is 47.5 Å². The van der Waals surface area contributed by atoms with Crippen molar-refractivity contribution in [1.82, 2.24) is 19.9 Å². The van der Waals surface area contributed by atoms with Gasteiger partial charge in [0.15, 0.2) is 0 Å². The first-order valence-electron chi connectivity index (χ1n) is 9.05. The molecule has 134 valence electrons. The Labute approximate surface area is 151 Å². The first-order chi connectivity index (χ1) is 12.7. The summed E-state index contributed by atoms with van der Waals surface area (Å²) in [6.07, 6.45) is 9.42. The van der Waals surface area contributed by atoms with E-state index >= 15 is 0 Å². The zero-order valence-electron chi connectivity index (χ0n) is 14.5. The molecule has 1 fully saturated rings. The molecule has 0 saturated carbocycles. The van der Waals surface area contributed by atoms with E-state index in [-0.39, 0.29) is 17.7 Å². The third kappa shape index (κ3) is 3.42. The monoisotopic (exact) mass is 351 g/mol. The Bertz CT molecular complexity index is 816. The number of aryl methyl sites for hydroxylation is 2. The maximum Gasteiger partial charge on any atom is 0.253 e. The van der Waals surface area contributed by atoms with E-state index < -0.39 is 0 Å². The summed E-state index contributed by atoms with van der Waals surface area (Å²) in [5.41, 5.74) is 2.87. The number of piperidine rings is 1. The van der Waals surface area contributed by atoms with Gasteiger partial charge < -0.3 is 4.90 Å². The first-order valence-corrected chi connectivity index (χ1v) is 9.05. The second kappa shape index (κ2) is 7.19. The van der Waals surface area contributed by atoms with Crippen LogP contribution in [0, 0.1) is 5.92 Å². The number of nitrogens with zero attached hydrogens (tertiary/aromatic N) is 4. The van der Waals surface area contributed by atoms with Crippen LogP contribution in [0.3, 0.4) is 0 Å². The van der Waals surface area contributed by atoms with E-state index in [1.165, 1.54) is 5.56 Å². The number of amides is 2. The van der Waals surface area contributed by atoms with E-state index in [1.54, 1.807) is 29.4 Å². The van der Waals surface area contributed by atoms with Crippen LogP contribution in [0.4, 0.5) is 5.95 Å². The van der Waals surface area contributed by atoms with Crippen molar-refractivity contribution in [2.75, 3.05) is 18.4 Å². The number of hydrogen-bond donors (Lipinski definition) is 1. The predicted octanol–water partition coefficient (Wildman–Crippen LogP) is 1.85. The Kier molecular flexibility index (Phi) is 4.60. The standard InChI is InChI=1S/C19H21N5O2/c25-17(23-19-21-12-15-2-1-3-16(15)22-19)13-6-10-24(11-7-13)18(26)14-4-8-20-9-5-14/h4-5,8-9,12-13H,1-3,6-7,10-11H2,(H,21,22,23,25). The lowest BCUT2D eigenvalue weighted by molar-refractivity contribution is -0.121. The topological polar surface area (TPSA) is 88.1 Å². The fraction of sp³-hybridized carbons (Fsp3) is 0.421. The Balaban J connectivity index is 1.33. The maximum atomic E-state index is 12.5. The molecule has 1 aliphatic heterocycles. The van der Waals surface area contributed by atoms with Gasteiger partial charge in [0, 0.05) is 48.9 Å². The zero-order chi connectivity index (χ0) is 17.9. The molecule has 0 bridgehead atoms. The van der Waals surface area contributed by atoms with Gasteiger partial charge >= 0.3 is 0 Å². The molecule has 0 aromatic carbocycles. The van der Waals surface area contributed by atoms with Gasteiger partial charge in [0.05, 0.1) is 0 Å². The van der Waals surface area contributed by atoms with Crippen LogP contribution in [0.2, 0.25) is 0 Å². The van der Waals surface area contributed by atoms with Crippen LogP contribution in [-0.4, -0.2) is 44.8 Å². The smallest absolute Gasteiger partial charge is 0.253 e. The van der Waals surface area contributed by atoms with E-state index in [4.69, 9.17) is 0 Å². The molecule has 26 heavy (non-hydrogen) atoms. The van der Waals surface area contributed by atoms with Gasteiger partial charge in [-0.05, 0) is 49.8 Å². The van der Waals surface area contributed by atoms with Gasteiger partial charge in [0.25, 0.3) is 5.91 Å². The molecule has 0 radical (unpaired) electrons. The van der Waals surface area contributed by atoms with Gasteiger partial charge in [-0.15, -0.1) is 0 Å². The van der Waals surface area contributed by atoms with E-state index in [1.807, 2.05) is 6.20 Å². The zero-order valence-corrected chi connectivity index (χ0v) is 14.5. The Morgan fingerprint density at radius 1 is 1.12 bits per heavy atom. The highest BCUT2D eigenvalue weighted by Crippen LogP contribution is 2.22. The van der Waals surface area contributed by atoms with Crippen molar-refractivity contribution in [3.8, 4) is 0 Å². The van der Waals surface area contributed by atoms with Crippen LogP contribution in [0.25, 0.3) is 0 Å². The molecular weight excluding hydrogens is 330 g/mol. The molecule has 3 heterocycles. The van der Waals surface area contributed by atoms with Crippen LogP contribution in [-0.2, 0) is 17.6 Å². The Hall–Kier alpha value is -2.83. The van der Waals surface area contributed by atoms with E-state index in [2.05, 4.69) is 20.3 Å². The summed E-state index contributed by atoms with van der Waals surface area (Å²) in [6, 6.07) is 3.43. The van der Waals surface area contributed by atoms with Crippen molar-refractivity contribution in [3.63, 3.8) is 0 Å². The minimum atomic E-state index is -0.117. The van der Waals surface area contributed by atoms with E-state index in [0.717, 1.165) is 25.0 Å². The number of nitrogens with one attached hydrogen (secondary N) is 1. The molecule has 2 amide bonds. The lowest BCUT2D eigenvalue weighted by atomic mass is 9.95. The van der Waals surface area contributed by atoms with Crippen molar-refractivity contribution in [1.29, 1.82) is 0 Å². The third-order valence-corrected chi connectivity index (χ3v) is 5.13. The summed E-state index contributed by atoms with van der Waals surface area (Å²) in [4.78, 5) is 39.4. The highest BCUT2D eigenvalue weighted by molar-refractivity contribution is 5.94. The second-order valence-corrected chi connectivity index (χ2v) is 6.81. The van der Waals surface area contributed by atoms with Gasteiger partial charge in [-0.3, -0.25) is 19.9 Å². The maximum absolute atomic E-state index is 12.5. The number of likely N-dealkylation sites (tertiary alicyclic amines) is 1. The molecule has 4 rings (SSSR count). The molecule has 0 unspecified atom stereocenters. The van der Waals surface area contributed by atoms with Crippen LogP contribution < -0.4 is 5.32 Å². The van der Waals surface area contributed by atoms with Crippen molar-refractivity contribution < 1.29 is 9.59 Å². The number of carbonyl (C=O) groups excluding carboxylic acids is 2. The number of hydrogen-bond acceptors (Lipinski definition) is 5. The summed E-state index contributed by atoms with van der Waals surface area (Å²) in [5.74, 6) is 0.214. The Morgan fingerprint density at radius 2 is 1.88 bits per heavy atom. The van der Waals surface area contributed by atoms with E-state index in [0.29, 0.717) is 37.4 Å². The average molecular weight is 351 g/mol. The third-order valence-electron chi connectivity index (χ3n) is 5.13. The molecule has 7 heteroatoms. The highest BCUT2D eigenvalue weighted by atomic mass is 16.2. The fourth-order valence-corrected chi connectivity index (χ4v) is 3.61. The fourth-order valence-electron chi connectivity index (χ4n) is 3.61. The van der Waals surface area contributed by atoms with Gasteiger partial charge in [-0.1, -0.05) is 0 Å². The van der Waals surface area contributed by atoms with Crippen molar-refractivity contribution in [2.24, 2.45) is 5.92 Å². The molecule has 7 nitrogen and oxygen atoms in total. The summed E-state index contributed by atoms with van der Waals surface area (Å²) in [5, 5.41) is 2.84. The SMILES string of the molecule is O=C(Nc1ncc2c(n1)CCC2)C1CCN(C(=O)c2ccncc2)CC1. The quantitative estimate of drug-likeness (QED) is 0.912. The van der Waals surface area contributed by atoms with Gasteiger partial charge in [-0.25, -0.2) is 9.97 Å². The summed E-state index contributed by atoms with van der Waals surface area (Å²) in [6.45, 7) is 1.15. The first kappa shape index (κ1) is 16.6. The van der Waals surface area contributed by atoms with Gasteiger partial charge in [0.2, 0.25) is 11.9 Å². The number of rotatable bonds is 3. The molecule has 2 aromatic rings. The number of fused-ring (bicyclic) bond motifs is 1. The van der Waals surface area contributed by atoms with Gasteiger partial charge in [-0.2, -0.15) is 0 Å². The number of carbonyl (C=O) groups is 2. The lowest BCUT2D eigenvalue weighted by Gasteiger charge is -2.31. The van der Waals surface area contributed by atoms with Crippen LogP contribution in [0.5, 0.6) is 0 Å².